The fourth-order valence-corrected chi connectivity index (χ4v) is 3.21. The molecule has 1 aromatic heterocycles. The second-order valence-corrected chi connectivity index (χ2v) is 6.58. The van der Waals surface area contributed by atoms with Gasteiger partial charge in [-0.1, -0.05) is 0 Å². The lowest BCUT2D eigenvalue weighted by molar-refractivity contribution is -0.133. The van der Waals surface area contributed by atoms with Gasteiger partial charge in [0.15, 0.2) is 11.7 Å². The van der Waals surface area contributed by atoms with Crippen molar-refractivity contribution in [3.63, 3.8) is 0 Å². The lowest BCUT2D eigenvalue weighted by atomic mass is 10.3. The molecule has 0 spiro atoms. The largest absolute Gasteiger partial charge is 0.484 e. The van der Waals surface area contributed by atoms with E-state index in [1.807, 2.05) is 13.1 Å². The van der Waals surface area contributed by atoms with Crippen molar-refractivity contribution in [3.05, 3.63) is 41.2 Å². The maximum Gasteiger partial charge on any atom is 0.260 e. The number of carbonyl (C=O) groups is 1. The number of thiazole rings is 1. The predicted molar refractivity (Wildman–Crippen MR) is 87.5 cm³/mol. The monoisotopic (exact) mass is 335 g/mol. The first kappa shape index (κ1) is 15.7. The Hall–Kier alpha value is -2.15. The zero-order chi connectivity index (χ0) is 16.2. The molecule has 0 radical (unpaired) electrons. The first-order chi connectivity index (χ1) is 11.1. The van der Waals surface area contributed by atoms with Gasteiger partial charge in [-0.25, -0.2) is 9.37 Å². The number of hydrogen-bond donors (Lipinski definition) is 0. The second kappa shape index (κ2) is 6.95. The van der Waals surface area contributed by atoms with Crippen molar-refractivity contribution in [2.45, 2.75) is 6.92 Å². The highest BCUT2D eigenvalue weighted by Crippen LogP contribution is 2.22. The smallest absolute Gasteiger partial charge is 0.260 e. The molecule has 2 heterocycles. The fraction of sp³-hybridized carbons (Fsp3) is 0.375. The van der Waals surface area contributed by atoms with Crippen molar-refractivity contribution < 1.29 is 13.9 Å². The third-order valence-corrected chi connectivity index (χ3v) is 4.66. The number of hydrogen-bond acceptors (Lipinski definition) is 5. The van der Waals surface area contributed by atoms with Crippen LogP contribution < -0.4 is 9.64 Å². The molecular formula is C16H18FN3O2S. The minimum Gasteiger partial charge on any atom is -0.484 e. The highest BCUT2D eigenvalue weighted by atomic mass is 32.1. The first-order valence-electron chi connectivity index (χ1n) is 7.45. The van der Waals surface area contributed by atoms with Gasteiger partial charge in [0.25, 0.3) is 5.91 Å². The summed E-state index contributed by atoms with van der Waals surface area (Å²) in [4.78, 5) is 21.7. The Labute approximate surface area is 138 Å². The van der Waals surface area contributed by atoms with Gasteiger partial charge in [0.1, 0.15) is 11.6 Å². The molecule has 1 saturated heterocycles. The van der Waals surface area contributed by atoms with E-state index in [4.69, 9.17) is 4.74 Å². The van der Waals surface area contributed by atoms with Crippen LogP contribution in [0.15, 0.2) is 30.5 Å². The molecule has 1 fully saturated rings. The zero-order valence-electron chi connectivity index (χ0n) is 12.9. The van der Waals surface area contributed by atoms with Gasteiger partial charge >= 0.3 is 0 Å². The summed E-state index contributed by atoms with van der Waals surface area (Å²) >= 11 is 1.67. The molecule has 2 aromatic rings. The molecule has 7 heteroatoms. The van der Waals surface area contributed by atoms with Crippen LogP contribution in [0.4, 0.5) is 9.52 Å². The number of rotatable bonds is 4. The number of ether oxygens (including phenoxy) is 1. The normalized spacial score (nSPS) is 14.9. The predicted octanol–water partition coefficient (Wildman–Crippen LogP) is 2.32. The van der Waals surface area contributed by atoms with E-state index in [0.717, 1.165) is 18.2 Å². The average molecular weight is 335 g/mol. The Morgan fingerprint density at radius 3 is 2.57 bits per heavy atom. The zero-order valence-corrected chi connectivity index (χ0v) is 13.7. The number of amides is 1. The van der Waals surface area contributed by atoms with Crippen LogP contribution in [0.25, 0.3) is 0 Å². The molecule has 5 nitrogen and oxygen atoms in total. The Kier molecular flexibility index (Phi) is 4.76. The summed E-state index contributed by atoms with van der Waals surface area (Å²) in [5.74, 6) is 0.123. The van der Waals surface area contributed by atoms with Gasteiger partial charge in [-0.15, -0.1) is 11.3 Å². The number of halogens is 1. The number of carbonyl (C=O) groups excluding carboxylic acids is 1. The van der Waals surface area contributed by atoms with Crippen molar-refractivity contribution in [3.8, 4) is 5.75 Å². The average Bonchev–Trinajstić information content (AvgIpc) is 3.01. The maximum atomic E-state index is 12.8. The molecule has 23 heavy (non-hydrogen) atoms. The van der Waals surface area contributed by atoms with Crippen molar-refractivity contribution in [1.82, 2.24) is 9.88 Å². The van der Waals surface area contributed by atoms with Gasteiger partial charge in [-0.05, 0) is 31.2 Å². The number of aromatic nitrogens is 1. The fourth-order valence-electron chi connectivity index (χ4n) is 2.40. The van der Waals surface area contributed by atoms with Crippen LogP contribution in [0.3, 0.4) is 0 Å². The van der Waals surface area contributed by atoms with E-state index >= 15 is 0 Å². The molecule has 0 bridgehead atoms. The first-order valence-corrected chi connectivity index (χ1v) is 8.27. The number of piperazine rings is 1. The van der Waals surface area contributed by atoms with Gasteiger partial charge < -0.3 is 14.5 Å². The summed E-state index contributed by atoms with van der Waals surface area (Å²) in [5.41, 5.74) is 0. The molecule has 3 rings (SSSR count). The Bertz CT molecular complexity index is 666. The van der Waals surface area contributed by atoms with E-state index in [1.54, 1.807) is 16.2 Å². The van der Waals surface area contributed by atoms with Crippen molar-refractivity contribution in [2.75, 3.05) is 37.7 Å². The molecule has 0 saturated carbocycles. The molecule has 0 aliphatic carbocycles. The van der Waals surface area contributed by atoms with Crippen molar-refractivity contribution in [1.29, 1.82) is 0 Å². The van der Waals surface area contributed by atoms with Gasteiger partial charge in [0, 0.05) is 37.3 Å². The quantitative estimate of drug-likeness (QED) is 0.860. The van der Waals surface area contributed by atoms with Gasteiger partial charge in [0.05, 0.1) is 0 Å². The van der Waals surface area contributed by atoms with Crippen LogP contribution in [0.1, 0.15) is 4.88 Å². The van der Waals surface area contributed by atoms with E-state index in [1.165, 1.54) is 29.1 Å². The van der Waals surface area contributed by atoms with E-state index < -0.39 is 0 Å². The van der Waals surface area contributed by atoms with Crippen LogP contribution in [-0.4, -0.2) is 48.6 Å². The minimum atomic E-state index is -0.322. The van der Waals surface area contributed by atoms with Crippen LogP contribution in [0, 0.1) is 12.7 Å². The van der Waals surface area contributed by atoms with E-state index in [0.29, 0.717) is 18.8 Å². The summed E-state index contributed by atoms with van der Waals surface area (Å²) in [6.45, 7) is 4.87. The van der Waals surface area contributed by atoms with Gasteiger partial charge in [0.2, 0.25) is 0 Å². The summed E-state index contributed by atoms with van der Waals surface area (Å²) in [6.07, 6.45) is 1.87. The highest BCUT2D eigenvalue weighted by molar-refractivity contribution is 7.15. The number of aryl methyl sites for hydroxylation is 1. The molecule has 122 valence electrons. The van der Waals surface area contributed by atoms with E-state index in [-0.39, 0.29) is 18.3 Å². The third kappa shape index (κ3) is 3.98. The summed E-state index contributed by atoms with van der Waals surface area (Å²) < 4.78 is 18.2. The highest BCUT2D eigenvalue weighted by Gasteiger charge is 2.22. The number of benzene rings is 1. The second-order valence-electron chi connectivity index (χ2n) is 5.36. The Morgan fingerprint density at radius 2 is 1.96 bits per heavy atom. The van der Waals surface area contributed by atoms with Crippen LogP contribution in [-0.2, 0) is 4.79 Å². The van der Waals surface area contributed by atoms with Crippen LogP contribution in [0.2, 0.25) is 0 Å². The maximum absolute atomic E-state index is 12.8. The molecule has 1 amide bonds. The molecule has 0 atom stereocenters. The van der Waals surface area contributed by atoms with E-state index in [2.05, 4.69) is 9.88 Å². The Morgan fingerprint density at radius 1 is 1.26 bits per heavy atom. The number of nitrogens with zero attached hydrogens (tertiary/aromatic N) is 3. The van der Waals surface area contributed by atoms with Crippen molar-refractivity contribution >= 4 is 22.4 Å². The van der Waals surface area contributed by atoms with Gasteiger partial charge in [-0.3, -0.25) is 4.79 Å². The molecule has 1 aliphatic heterocycles. The minimum absolute atomic E-state index is 0.0258. The van der Waals surface area contributed by atoms with E-state index in [9.17, 15) is 9.18 Å². The summed E-state index contributed by atoms with van der Waals surface area (Å²) in [5, 5.41) is 1.01. The molecule has 0 unspecified atom stereocenters. The molecule has 1 aliphatic rings. The number of anilines is 1. The van der Waals surface area contributed by atoms with Crippen LogP contribution in [0.5, 0.6) is 5.75 Å². The molecule has 1 aromatic carbocycles. The molecular weight excluding hydrogens is 317 g/mol. The Balaban J connectivity index is 1.47. The lowest BCUT2D eigenvalue weighted by Crippen LogP contribution is -2.50. The summed E-state index contributed by atoms with van der Waals surface area (Å²) in [6, 6.07) is 5.67. The third-order valence-electron chi connectivity index (χ3n) is 3.69. The van der Waals surface area contributed by atoms with Crippen LogP contribution >= 0.6 is 11.3 Å². The standard InChI is InChI=1S/C16H18FN3O2S/c1-12-10-18-16(23-12)20-8-6-19(7-9-20)15(21)11-22-14-4-2-13(17)3-5-14/h2-5,10H,6-9,11H2,1H3. The summed E-state index contributed by atoms with van der Waals surface area (Å²) in [7, 11) is 0. The topological polar surface area (TPSA) is 45.7 Å². The lowest BCUT2D eigenvalue weighted by Gasteiger charge is -2.34. The van der Waals surface area contributed by atoms with Gasteiger partial charge in [-0.2, -0.15) is 0 Å². The SMILES string of the molecule is Cc1cnc(N2CCN(C(=O)COc3ccc(F)cc3)CC2)s1. The van der Waals surface area contributed by atoms with Crippen molar-refractivity contribution in [2.24, 2.45) is 0 Å². The molecule has 0 N–H and O–H groups in total.